The van der Waals surface area contributed by atoms with Crippen molar-refractivity contribution in [2.24, 2.45) is 9.50 Å². The number of anilines is 1. The highest BCUT2D eigenvalue weighted by molar-refractivity contribution is 7.93. The Morgan fingerprint density at radius 2 is 1.79 bits per heavy atom. The minimum Gasteiger partial charge on any atom is -0.386 e. The first-order valence-electron chi connectivity index (χ1n) is 9.49. The van der Waals surface area contributed by atoms with Crippen molar-refractivity contribution in [2.45, 2.75) is 62.2 Å². The zero-order valence-corrected chi connectivity index (χ0v) is 17.7. The van der Waals surface area contributed by atoms with E-state index in [1.165, 1.54) is 22.3 Å². The summed E-state index contributed by atoms with van der Waals surface area (Å²) in [5.74, 6) is 0. The maximum Gasteiger partial charge on any atom is 0.354 e. The van der Waals surface area contributed by atoms with Crippen LogP contribution in [-0.2, 0) is 41.2 Å². The van der Waals surface area contributed by atoms with Crippen LogP contribution in [0.1, 0.15) is 54.5 Å². The molecule has 150 valence electrons. The van der Waals surface area contributed by atoms with E-state index in [1.807, 2.05) is 0 Å². The van der Waals surface area contributed by atoms with Gasteiger partial charge in [0.1, 0.15) is 4.21 Å². The number of aliphatic hydroxyl groups is 1. The van der Waals surface area contributed by atoms with Crippen LogP contribution in [0.5, 0.6) is 0 Å². The summed E-state index contributed by atoms with van der Waals surface area (Å²) >= 11 is 1.14. The molecule has 2 aromatic rings. The van der Waals surface area contributed by atoms with E-state index in [2.05, 4.69) is 15.7 Å². The SMILES string of the molecule is CC(C)(O)c1csc([S@](N)(=O)=NC(=O)Nc2c3c(cc4c2CCC4)CCC3)c1. The van der Waals surface area contributed by atoms with Crippen molar-refractivity contribution in [1.82, 2.24) is 0 Å². The highest BCUT2D eigenvalue weighted by atomic mass is 32.2. The Morgan fingerprint density at radius 1 is 1.18 bits per heavy atom. The Kier molecular flexibility index (Phi) is 4.86. The van der Waals surface area contributed by atoms with Crippen LogP contribution < -0.4 is 10.5 Å². The largest absolute Gasteiger partial charge is 0.386 e. The molecular formula is C20H25N3O3S2. The lowest BCUT2D eigenvalue weighted by Crippen LogP contribution is -2.18. The number of carbonyl (C=O) groups excluding carboxylic acids is 1. The fourth-order valence-electron chi connectivity index (χ4n) is 4.06. The lowest BCUT2D eigenvalue weighted by molar-refractivity contribution is 0.0789. The molecule has 28 heavy (non-hydrogen) atoms. The summed E-state index contributed by atoms with van der Waals surface area (Å²) in [6.45, 7) is 3.27. The van der Waals surface area contributed by atoms with E-state index < -0.39 is 21.5 Å². The Balaban J connectivity index is 1.65. The first-order valence-corrected chi connectivity index (χ1v) is 11.9. The number of amides is 2. The van der Waals surface area contributed by atoms with Gasteiger partial charge < -0.3 is 10.4 Å². The van der Waals surface area contributed by atoms with Crippen LogP contribution in [0.4, 0.5) is 10.5 Å². The molecule has 1 heterocycles. The third kappa shape index (κ3) is 3.61. The molecule has 0 aliphatic heterocycles. The van der Waals surface area contributed by atoms with E-state index in [0.29, 0.717) is 5.56 Å². The molecule has 1 atom stereocenters. The number of nitrogens with one attached hydrogen (secondary N) is 1. The van der Waals surface area contributed by atoms with Gasteiger partial charge in [-0.05, 0) is 91.6 Å². The molecule has 0 saturated carbocycles. The summed E-state index contributed by atoms with van der Waals surface area (Å²) in [7, 11) is -3.38. The molecule has 2 aliphatic carbocycles. The lowest BCUT2D eigenvalue weighted by atomic mass is 9.99. The first kappa shape index (κ1) is 19.6. The number of hydrogen-bond acceptors (Lipinski definition) is 4. The number of nitrogens with two attached hydrogens (primary N) is 1. The molecular weight excluding hydrogens is 394 g/mol. The number of aryl methyl sites for hydroxylation is 2. The van der Waals surface area contributed by atoms with Gasteiger partial charge in [-0.2, -0.15) is 0 Å². The lowest BCUT2D eigenvalue weighted by Gasteiger charge is -2.15. The van der Waals surface area contributed by atoms with E-state index in [-0.39, 0.29) is 4.21 Å². The van der Waals surface area contributed by atoms with Gasteiger partial charge in [-0.15, -0.1) is 15.7 Å². The summed E-state index contributed by atoms with van der Waals surface area (Å²) in [6.07, 6.45) is 6.12. The molecule has 1 aromatic heterocycles. The summed E-state index contributed by atoms with van der Waals surface area (Å²) in [4.78, 5) is 12.6. The van der Waals surface area contributed by atoms with E-state index in [0.717, 1.165) is 55.5 Å². The summed E-state index contributed by atoms with van der Waals surface area (Å²) in [6, 6.07) is 3.16. The minimum atomic E-state index is -3.38. The van der Waals surface area contributed by atoms with Gasteiger partial charge >= 0.3 is 6.03 Å². The number of fused-ring (bicyclic) bond motifs is 2. The molecule has 0 fully saturated rings. The maximum absolute atomic E-state index is 12.9. The van der Waals surface area contributed by atoms with Gasteiger partial charge in [0, 0.05) is 5.69 Å². The summed E-state index contributed by atoms with van der Waals surface area (Å²) < 4.78 is 17.0. The molecule has 0 saturated heterocycles. The zero-order valence-electron chi connectivity index (χ0n) is 16.1. The van der Waals surface area contributed by atoms with Gasteiger partial charge in [-0.25, -0.2) is 14.1 Å². The normalized spacial score (nSPS) is 17.7. The third-order valence-corrected chi connectivity index (χ3v) is 8.35. The van der Waals surface area contributed by atoms with Crippen LogP contribution >= 0.6 is 11.3 Å². The number of thiophene rings is 1. The van der Waals surface area contributed by atoms with Crippen LogP contribution in [0.2, 0.25) is 0 Å². The number of carbonyl (C=O) groups is 1. The van der Waals surface area contributed by atoms with Crippen molar-refractivity contribution in [2.75, 3.05) is 5.32 Å². The fraction of sp³-hybridized carbons (Fsp3) is 0.450. The van der Waals surface area contributed by atoms with Crippen molar-refractivity contribution >= 4 is 33.0 Å². The molecule has 1 aromatic carbocycles. The van der Waals surface area contributed by atoms with Crippen molar-refractivity contribution in [3.05, 3.63) is 45.3 Å². The average molecular weight is 420 g/mol. The van der Waals surface area contributed by atoms with E-state index in [9.17, 15) is 14.1 Å². The van der Waals surface area contributed by atoms with E-state index in [4.69, 9.17) is 5.14 Å². The second-order valence-corrected chi connectivity index (χ2v) is 11.0. The number of hydrogen-bond donors (Lipinski definition) is 3. The molecule has 8 heteroatoms. The van der Waals surface area contributed by atoms with Crippen LogP contribution in [0.3, 0.4) is 0 Å². The first-order chi connectivity index (χ1) is 13.1. The highest BCUT2D eigenvalue weighted by Crippen LogP contribution is 2.38. The Bertz CT molecular complexity index is 1040. The molecule has 0 unspecified atom stereocenters. The number of benzene rings is 1. The van der Waals surface area contributed by atoms with Crippen molar-refractivity contribution < 1.29 is 14.1 Å². The van der Waals surface area contributed by atoms with Gasteiger partial charge in [0.2, 0.25) is 0 Å². The molecule has 6 nitrogen and oxygen atoms in total. The molecule has 0 radical (unpaired) electrons. The smallest absolute Gasteiger partial charge is 0.354 e. The molecule has 4 rings (SSSR count). The zero-order chi connectivity index (χ0) is 20.1. The number of urea groups is 1. The maximum atomic E-state index is 12.9. The van der Waals surface area contributed by atoms with Gasteiger partial charge in [0.05, 0.1) is 5.60 Å². The Morgan fingerprint density at radius 3 is 2.32 bits per heavy atom. The van der Waals surface area contributed by atoms with Crippen LogP contribution in [0.25, 0.3) is 0 Å². The average Bonchev–Trinajstić information content (AvgIpc) is 3.33. The molecule has 2 amide bonds. The topological polar surface area (TPSA) is 105 Å². The standard InChI is InChI=1S/C20H25N3O3S2/c1-20(2,25)14-10-17(27-11-14)28(21,26)23-19(24)22-18-15-7-3-5-12(15)9-13-6-4-8-16(13)18/h9-11,25H,3-8H2,1-2H3,(H3,21,22,23,24,26)/t28-/m1/s1. The van der Waals surface area contributed by atoms with Gasteiger partial charge in [-0.1, -0.05) is 6.07 Å². The number of nitrogens with zero attached hydrogens (tertiary/aromatic N) is 1. The monoisotopic (exact) mass is 419 g/mol. The van der Waals surface area contributed by atoms with Crippen molar-refractivity contribution in [1.29, 1.82) is 0 Å². The van der Waals surface area contributed by atoms with E-state index in [1.54, 1.807) is 25.3 Å². The predicted molar refractivity (Wildman–Crippen MR) is 112 cm³/mol. The second-order valence-electron chi connectivity index (χ2n) is 8.04. The third-order valence-electron chi connectivity index (χ3n) is 5.49. The van der Waals surface area contributed by atoms with Gasteiger partial charge in [0.25, 0.3) is 0 Å². The van der Waals surface area contributed by atoms with E-state index >= 15 is 0 Å². The van der Waals surface area contributed by atoms with Crippen molar-refractivity contribution in [3.8, 4) is 0 Å². The van der Waals surface area contributed by atoms with Crippen LogP contribution in [0, 0.1) is 0 Å². The minimum absolute atomic E-state index is 0.281. The van der Waals surface area contributed by atoms with Crippen molar-refractivity contribution in [3.63, 3.8) is 0 Å². The molecule has 0 spiro atoms. The Labute approximate surface area is 169 Å². The van der Waals surface area contributed by atoms with Crippen LogP contribution in [0.15, 0.2) is 26.1 Å². The molecule has 0 bridgehead atoms. The van der Waals surface area contributed by atoms with Gasteiger partial charge in [-0.3, -0.25) is 0 Å². The molecule has 2 aliphatic rings. The fourth-order valence-corrected chi connectivity index (χ4v) is 6.34. The Hall–Kier alpha value is -1.74. The molecule has 4 N–H and O–H groups in total. The van der Waals surface area contributed by atoms with Crippen LogP contribution in [-0.4, -0.2) is 15.3 Å². The predicted octanol–water partition coefficient (Wildman–Crippen LogP) is 3.89. The second kappa shape index (κ2) is 6.95. The number of rotatable bonds is 3. The highest BCUT2D eigenvalue weighted by Gasteiger charge is 2.26. The quantitative estimate of drug-likeness (QED) is 0.703. The van der Waals surface area contributed by atoms with Gasteiger partial charge in [0.15, 0.2) is 9.92 Å². The summed E-state index contributed by atoms with van der Waals surface area (Å²) in [5, 5.41) is 20.6. The summed E-state index contributed by atoms with van der Waals surface area (Å²) in [5.41, 5.74) is 5.36.